The Kier molecular flexibility index (Phi) is 9.14. The van der Waals surface area contributed by atoms with E-state index < -0.39 is 0 Å². The first-order valence-corrected chi connectivity index (χ1v) is 13.0. The number of hydrogen-bond acceptors (Lipinski definition) is 5. The molecule has 2 aromatic carbocycles. The molecular weight excluding hydrogens is 452 g/mol. The Morgan fingerprint density at radius 2 is 1.31 bits per heavy atom. The highest BCUT2D eigenvalue weighted by atomic mass is 16.5. The number of amides is 2. The summed E-state index contributed by atoms with van der Waals surface area (Å²) in [6.45, 7) is 7.65. The summed E-state index contributed by atoms with van der Waals surface area (Å²) in [5.74, 6) is 0.165. The van der Waals surface area contributed by atoms with Crippen LogP contribution in [0.15, 0.2) is 60.8 Å². The predicted molar refractivity (Wildman–Crippen MR) is 140 cm³/mol. The van der Waals surface area contributed by atoms with Crippen LogP contribution >= 0.6 is 0 Å². The number of benzene rings is 2. The molecule has 0 radical (unpaired) electrons. The third-order valence-electron chi connectivity index (χ3n) is 7.30. The molecule has 192 valence electrons. The molecule has 0 spiro atoms. The Balaban J connectivity index is 1.35. The number of hydrogen-bond donors (Lipinski definition) is 2. The maximum atomic E-state index is 13.3. The van der Waals surface area contributed by atoms with Crippen LogP contribution in [0.3, 0.4) is 0 Å². The Labute approximate surface area is 214 Å². The first-order valence-electron chi connectivity index (χ1n) is 13.0. The number of fused-ring (bicyclic) bond motifs is 2. The van der Waals surface area contributed by atoms with Crippen LogP contribution in [0.4, 0.5) is 0 Å². The van der Waals surface area contributed by atoms with E-state index in [-0.39, 0.29) is 24.9 Å². The van der Waals surface area contributed by atoms with E-state index in [0.717, 1.165) is 45.2 Å². The van der Waals surface area contributed by atoms with Crippen LogP contribution in [-0.4, -0.2) is 64.4 Å². The molecule has 0 saturated heterocycles. The van der Waals surface area contributed by atoms with Gasteiger partial charge in [-0.1, -0.05) is 61.5 Å². The number of allylic oxidation sites excluding steroid dienone is 1. The van der Waals surface area contributed by atoms with Crippen molar-refractivity contribution in [3.63, 3.8) is 0 Å². The van der Waals surface area contributed by atoms with Crippen LogP contribution < -0.4 is 5.48 Å². The zero-order valence-corrected chi connectivity index (χ0v) is 21.1. The first kappa shape index (κ1) is 25.9. The Morgan fingerprint density at radius 3 is 1.81 bits per heavy atom. The Bertz CT molecular complexity index is 998. The van der Waals surface area contributed by atoms with Crippen molar-refractivity contribution in [2.45, 2.75) is 51.6 Å². The molecule has 2 aromatic rings. The summed E-state index contributed by atoms with van der Waals surface area (Å²) in [6, 6.07) is 16.6. The SMILES string of the molecule is C=C(CCCCCN(CC(=O)N1CCc2ccccc2C1)CC(=O)N1CCc2ccccc2C1)NO. The lowest BCUT2D eigenvalue weighted by Crippen LogP contribution is -2.47. The smallest absolute Gasteiger partial charge is 0.237 e. The van der Waals surface area contributed by atoms with E-state index in [0.29, 0.717) is 31.8 Å². The number of carbonyl (C=O) groups is 2. The highest BCUT2D eigenvalue weighted by molar-refractivity contribution is 5.81. The largest absolute Gasteiger partial charge is 0.337 e. The highest BCUT2D eigenvalue weighted by Gasteiger charge is 2.26. The number of hydroxylamine groups is 1. The van der Waals surface area contributed by atoms with Crippen molar-refractivity contribution in [3.8, 4) is 0 Å². The topological polar surface area (TPSA) is 76.1 Å². The average Bonchev–Trinajstić information content (AvgIpc) is 2.91. The van der Waals surface area contributed by atoms with Crippen molar-refractivity contribution < 1.29 is 14.8 Å². The maximum Gasteiger partial charge on any atom is 0.237 e. The molecule has 2 aliphatic heterocycles. The number of nitrogens with zero attached hydrogens (tertiary/aromatic N) is 3. The number of rotatable bonds is 11. The van der Waals surface area contributed by atoms with Crippen LogP contribution in [-0.2, 0) is 35.5 Å². The second-order valence-corrected chi connectivity index (χ2v) is 9.90. The third-order valence-corrected chi connectivity index (χ3v) is 7.30. The summed E-state index contributed by atoms with van der Waals surface area (Å²) < 4.78 is 0. The van der Waals surface area contributed by atoms with Crippen molar-refractivity contribution in [1.82, 2.24) is 20.2 Å². The fraction of sp³-hybridized carbons (Fsp3) is 0.448. The lowest BCUT2D eigenvalue weighted by Gasteiger charge is -2.33. The third kappa shape index (κ3) is 6.95. The average molecular weight is 491 g/mol. The Morgan fingerprint density at radius 1 is 0.806 bits per heavy atom. The van der Waals surface area contributed by atoms with E-state index in [9.17, 15) is 9.59 Å². The molecule has 4 rings (SSSR count). The fourth-order valence-corrected chi connectivity index (χ4v) is 5.12. The van der Waals surface area contributed by atoms with E-state index in [1.54, 1.807) is 0 Å². The van der Waals surface area contributed by atoms with Crippen molar-refractivity contribution in [2.24, 2.45) is 0 Å². The van der Waals surface area contributed by atoms with E-state index in [4.69, 9.17) is 5.21 Å². The van der Waals surface area contributed by atoms with Crippen LogP contribution in [0.2, 0.25) is 0 Å². The van der Waals surface area contributed by atoms with Crippen LogP contribution in [0, 0.1) is 0 Å². The van der Waals surface area contributed by atoms with Gasteiger partial charge in [0.2, 0.25) is 11.8 Å². The molecule has 0 aromatic heterocycles. The molecule has 2 heterocycles. The molecule has 7 heteroatoms. The summed E-state index contributed by atoms with van der Waals surface area (Å²) in [6.07, 6.45) is 5.16. The monoisotopic (exact) mass is 490 g/mol. The van der Waals surface area contributed by atoms with Gasteiger partial charge in [0.05, 0.1) is 13.1 Å². The van der Waals surface area contributed by atoms with E-state index >= 15 is 0 Å². The van der Waals surface area contributed by atoms with Gasteiger partial charge in [-0.3, -0.25) is 25.2 Å². The zero-order valence-electron chi connectivity index (χ0n) is 21.1. The second-order valence-electron chi connectivity index (χ2n) is 9.90. The molecule has 0 unspecified atom stereocenters. The molecule has 36 heavy (non-hydrogen) atoms. The van der Waals surface area contributed by atoms with E-state index in [1.165, 1.54) is 22.3 Å². The van der Waals surface area contributed by atoms with Crippen molar-refractivity contribution in [1.29, 1.82) is 0 Å². The molecule has 0 aliphatic carbocycles. The number of unbranched alkanes of at least 4 members (excludes halogenated alkanes) is 2. The minimum Gasteiger partial charge on any atom is -0.337 e. The molecule has 2 N–H and O–H groups in total. The normalized spacial score (nSPS) is 14.8. The fourth-order valence-electron chi connectivity index (χ4n) is 5.12. The second kappa shape index (κ2) is 12.7. The van der Waals surface area contributed by atoms with Crippen LogP contribution in [0.25, 0.3) is 0 Å². The summed E-state index contributed by atoms with van der Waals surface area (Å²) >= 11 is 0. The summed E-state index contributed by atoms with van der Waals surface area (Å²) in [4.78, 5) is 32.4. The minimum atomic E-state index is 0.0825. The lowest BCUT2D eigenvalue weighted by molar-refractivity contribution is -0.136. The van der Waals surface area contributed by atoms with Crippen LogP contribution in [0.1, 0.15) is 47.9 Å². The standard InChI is InChI=1S/C29H38N4O3/c1-23(30-36)9-3-2-8-16-31(21-28(34)32-17-14-24-10-4-6-12-26(24)19-32)22-29(35)33-18-15-25-11-5-7-13-27(25)20-33/h4-7,10-13,30,36H,1-3,8-9,14-22H2. The van der Waals surface area contributed by atoms with Gasteiger partial charge in [0.15, 0.2) is 0 Å². The van der Waals surface area contributed by atoms with Gasteiger partial charge < -0.3 is 9.80 Å². The van der Waals surface area contributed by atoms with Crippen molar-refractivity contribution >= 4 is 11.8 Å². The molecule has 0 atom stereocenters. The van der Waals surface area contributed by atoms with Gasteiger partial charge in [0, 0.05) is 31.9 Å². The maximum absolute atomic E-state index is 13.3. The van der Waals surface area contributed by atoms with E-state index in [1.807, 2.05) is 26.8 Å². The summed E-state index contributed by atoms with van der Waals surface area (Å²) in [5.41, 5.74) is 7.76. The molecule has 2 aliphatic rings. The van der Waals surface area contributed by atoms with Crippen LogP contribution in [0.5, 0.6) is 0 Å². The molecule has 0 fully saturated rings. The highest BCUT2D eigenvalue weighted by Crippen LogP contribution is 2.20. The first-order chi connectivity index (χ1) is 17.5. The number of nitrogens with one attached hydrogen (secondary N) is 1. The molecule has 7 nitrogen and oxygen atoms in total. The number of carbonyl (C=O) groups excluding carboxylic acids is 2. The molecule has 0 saturated carbocycles. The summed E-state index contributed by atoms with van der Waals surface area (Å²) in [7, 11) is 0. The minimum absolute atomic E-state index is 0.0825. The molecule has 0 bridgehead atoms. The predicted octanol–water partition coefficient (Wildman–Crippen LogP) is 3.51. The molecule has 2 amide bonds. The summed E-state index contributed by atoms with van der Waals surface area (Å²) in [5, 5.41) is 8.91. The lowest BCUT2D eigenvalue weighted by atomic mass is 10.00. The van der Waals surface area contributed by atoms with Gasteiger partial charge >= 0.3 is 0 Å². The van der Waals surface area contributed by atoms with Gasteiger partial charge in [-0.2, -0.15) is 0 Å². The molecular formula is C29H38N4O3. The van der Waals surface area contributed by atoms with Gasteiger partial charge in [0.25, 0.3) is 0 Å². The van der Waals surface area contributed by atoms with Gasteiger partial charge in [-0.05, 0) is 60.9 Å². The van der Waals surface area contributed by atoms with Crippen molar-refractivity contribution in [2.75, 3.05) is 32.7 Å². The van der Waals surface area contributed by atoms with Gasteiger partial charge in [-0.15, -0.1) is 0 Å². The zero-order chi connectivity index (χ0) is 25.3. The quantitative estimate of drug-likeness (QED) is 0.372. The van der Waals surface area contributed by atoms with Crippen molar-refractivity contribution in [3.05, 3.63) is 83.1 Å². The van der Waals surface area contributed by atoms with Gasteiger partial charge in [0.1, 0.15) is 0 Å². The van der Waals surface area contributed by atoms with E-state index in [2.05, 4.69) is 48.5 Å². The van der Waals surface area contributed by atoms with Gasteiger partial charge in [-0.25, -0.2) is 0 Å². The Hall–Kier alpha value is -3.16.